The monoisotopic (exact) mass is 293 g/mol. The van der Waals surface area contributed by atoms with E-state index in [4.69, 9.17) is 14.6 Å². The lowest BCUT2D eigenvalue weighted by Gasteiger charge is -2.18. The highest BCUT2D eigenvalue weighted by atomic mass is 16.6. The van der Waals surface area contributed by atoms with Crippen molar-refractivity contribution in [1.29, 1.82) is 0 Å². The molecule has 1 N–H and O–H groups in total. The minimum atomic E-state index is -0.994. The third-order valence-corrected chi connectivity index (χ3v) is 3.05. The van der Waals surface area contributed by atoms with Gasteiger partial charge in [0.1, 0.15) is 13.2 Å². The molecule has 1 aromatic rings. The molecule has 1 saturated heterocycles. The Bertz CT molecular complexity index is 530. The Hall–Kier alpha value is -2.57. The molecular formula is C14H15NO6. The molecule has 0 aromatic heterocycles. The van der Waals surface area contributed by atoms with Gasteiger partial charge in [-0.05, 0) is 12.0 Å². The van der Waals surface area contributed by atoms with Gasteiger partial charge in [0, 0.05) is 6.42 Å². The van der Waals surface area contributed by atoms with E-state index in [1.807, 2.05) is 18.2 Å². The zero-order valence-electron chi connectivity index (χ0n) is 11.2. The van der Waals surface area contributed by atoms with Crippen LogP contribution in [0.25, 0.3) is 0 Å². The highest BCUT2D eigenvalue weighted by Crippen LogP contribution is 2.18. The fourth-order valence-electron chi connectivity index (χ4n) is 1.98. The van der Waals surface area contributed by atoms with Crippen molar-refractivity contribution in [1.82, 2.24) is 4.90 Å². The number of carbonyl (C=O) groups excluding carboxylic acids is 2. The van der Waals surface area contributed by atoms with Gasteiger partial charge in [-0.25, -0.2) is 14.5 Å². The smallest absolute Gasteiger partial charge is 0.420 e. The third kappa shape index (κ3) is 3.95. The van der Waals surface area contributed by atoms with E-state index in [2.05, 4.69) is 0 Å². The van der Waals surface area contributed by atoms with Gasteiger partial charge in [0.25, 0.3) is 0 Å². The highest BCUT2D eigenvalue weighted by Gasteiger charge is 2.39. The molecule has 2 rings (SSSR count). The normalized spacial score (nSPS) is 17.4. The molecule has 112 valence electrons. The number of hydrogen-bond donors (Lipinski definition) is 1. The van der Waals surface area contributed by atoms with E-state index in [1.165, 1.54) is 0 Å². The van der Waals surface area contributed by atoms with Crippen LogP contribution in [-0.2, 0) is 20.9 Å². The Kier molecular flexibility index (Phi) is 4.76. The number of imide groups is 1. The molecule has 0 bridgehead atoms. The number of aliphatic carboxylic acids is 1. The van der Waals surface area contributed by atoms with Crippen molar-refractivity contribution in [2.75, 3.05) is 6.61 Å². The van der Waals surface area contributed by atoms with Gasteiger partial charge in [-0.2, -0.15) is 0 Å². The van der Waals surface area contributed by atoms with Gasteiger partial charge in [0.05, 0.1) is 6.04 Å². The molecule has 1 unspecified atom stereocenters. The van der Waals surface area contributed by atoms with Gasteiger partial charge in [-0.3, -0.25) is 4.79 Å². The van der Waals surface area contributed by atoms with Crippen LogP contribution in [0.5, 0.6) is 0 Å². The molecule has 1 fully saturated rings. The summed E-state index contributed by atoms with van der Waals surface area (Å²) in [6.07, 6.45) is -1.63. The van der Waals surface area contributed by atoms with Crippen LogP contribution in [0, 0.1) is 0 Å². The lowest BCUT2D eigenvalue weighted by atomic mass is 10.1. The van der Waals surface area contributed by atoms with Crippen LogP contribution >= 0.6 is 0 Å². The lowest BCUT2D eigenvalue weighted by Crippen LogP contribution is -2.39. The number of hydrogen-bond acceptors (Lipinski definition) is 5. The quantitative estimate of drug-likeness (QED) is 0.892. The first-order valence-electron chi connectivity index (χ1n) is 6.46. The van der Waals surface area contributed by atoms with Crippen molar-refractivity contribution >= 4 is 18.2 Å². The fraction of sp³-hybridized carbons (Fsp3) is 0.357. The number of nitrogens with zero attached hydrogens (tertiary/aromatic N) is 1. The molecular weight excluding hydrogens is 278 g/mol. The SMILES string of the molecule is O=C(O)CCC1COC(=O)N1C(=O)OCc1ccccc1. The van der Waals surface area contributed by atoms with Crippen LogP contribution in [0.1, 0.15) is 18.4 Å². The number of carboxylic acids is 1. The van der Waals surface area contributed by atoms with Gasteiger partial charge in [-0.15, -0.1) is 0 Å². The maximum absolute atomic E-state index is 11.9. The number of ether oxygens (including phenoxy) is 2. The fourth-order valence-corrected chi connectivity index (χ4v) is 1.98. The Morgan fingerprint density at radius 1 is 1.33 bits per heavy atom. The first-order chi connectivity index (χ1) is 10.1. The zero-order valence-corrected chi connectivity index (χ0v) is 11.2. The van der Waals surface area contributed by atoms with E-state index >= 15 is 0 Å². The summed E-state index contributed by atoms with van der Waals surface area (Å²) in [6.45, 7) is 0.0294. The van der Waals surface area contributed by atoms with Crippen LogP contribution < -0.4 is 0 Å². The van der Waals surface area contributed by atoms with Crippen molar-refractivity contribution in [2.45, 2.75) is 25.5 Å². The summed E-state index contributed by atoms with van der Waals surface area (Å²) in [5, 5.41) is 8.66. The third-order valence-electron chi connectivity index (χ3n) is 3.05. The number of rotatable bonds is 5. The summed E-state index contributed by atoms with van der Waals surface area (Å²) in [5.74, 6) is -0.994. The van der Waals surface area contributed by atoms with E-state index < -0.39 is 24.2 Å². The predicted molar refractivity (Wildman–Crippen MR) is 70.5 cm³/mol. The highest BCUT2D eigenvalue weighted by molar-refractivity contribution is 5.89. The predicted octanol–water partition coefficient (Wildman–Crippen LogP) is 2.01. The summed E-state index contributed by atoms with van der Waals surface area (Å²) >= 11 is 0. The van der Waals surface area contributed by atoms with E-state index in [-0.39, 0.29) is 26.1 Å². The van der Waals surface area contributed by atoms with E-state index in [1.54, 1.807) is 12.1 Å². The Labute approximate surface area is 121 Å². The number of cyclic esters (lactones) is 1. The molecule has 7 heteroatoms. The van der Waals surface area contributed by atoms with Crippen LogP contribution in [0.2, 0.25) is 0 Å². The number of carbonyl (C=O) groups is 3. The van der Waals surface area contributed by atoms with E-state index in [0.717, 1.165) is 10.5 Å². The molecule has 1 atom stereocenters. The first kappa shape index (κ1) is 14.8. The second-order valence-electron chi connectivity index (χ2n) is 4.57. The second kappa shape index (κ2) is 6.74. The summed E-state index contributed by atoms with van der Waals surface area (Å²) in [4.78, 5) is 34.9. The van der Waals surface area contributed by atoms with Gasteiger partial charge in [0.15, 0.2) is 0 Å². The minimum absolute atomic E-state index is 0.00739. The lowest BCUT2D eigenvalue weighted by molar-refractivity contribution is -0.137. The summed E-state index contributed by atoms with van der Waals surface area (Å²) in [5.41, 5.74) is 0.792. The molecule has 1 aromatic carbocycles. The number of amides is 2. The van der Waals surface area contributed by atoms with Crippen LogP contribution in [0.3, 0.4) is 0 Å². The summed E-state index contributed by atoms with van der Waals surface area (Å²) < 4.78 is 9.83. The molecule has 7 nitrogen and oxygen atoms in total. The number of carboxylic acid groups (broad SMARTS) is 1. The molecule has 0 radical (unpaired) electrons. The molecule has 2 amide bonds. The molecule has 1 aliphatic rings. The largest absolute Gasteiger partial charge is 0.481 e. The average Bonchev–Trinajstić information content (AvgIpc) is 2.85. The van der Waals surface area contributed by atoms with Crippen molar-refractivity contribution in [3.8, 4) is 0 Å². The van der Waals surface area contributed by atoms with Gasteiger partial charge in [-0.1, -0.05) is 30.3 Å². The maximum Gasteiger partial charge on any atom is 0.420 e. The van der Waals surface area contributed by atoms with Crippen molar-refractivity contribution in [3.63, 3.8) is 0 Å². The molecule has 1 aliphatic heterocycles. The van der Waals surface area contributed by atoms with Crippen LogP contribution in [-0.4, -0.2) is 40.8 Å². The second-order valence-corrected chi connectivity index (χ2v) is 4.57. The van der Waals surface area contributed by atoms with Crippen LogP contribution in [0.15, 0.2) is 30.3 Å². The Morgan fingerprint density at radius 2 is 2.05 bits per heavy atom. The van der Waals surface area contributed by atoms with E-state index in [9.17, 15) is 14.4 Å². The molecule has 21 heavy (non-hydrogen) atoms. The number of benzene rings is 1. The topological polar surface area (TPSA) is 93.1 Å². The standard InChI is InChI=1S/C14H15NO6/c16-12(17)7-6-11-9-21-14(19)15(11)13(18)20-8-10-4-2-1-3-5-10/h1-5,11H,6-9H2,(H,16,17). The van der Waals surface area contributed by atoms with Gasteiger partial charge in [0.2, 0.25) is 0 Å². The van der Waals surface area contributed by atoms with Crippen molar-refractivity contribution < 1.29 is 29.0 Å². The summed E-state index contributed by atoms with van der Waals surface area (Å²) in [6, 6.07) is 8.43. The molecule has 0 saturated carbocycles. The Balaban J connectivity index is 1.92. The first-order valence-corrected chi connectivity index (χ1v) is 6.46. The minimum Gasteiger partial charge on any atom is -0.481 e. The molecule has 1 heterocycles. The average molecular weight is 293 g/mol. The Morgan fingerprint density at radius 3 is 2.71 bits per heavy atom. The van der Waals surface area contributed by atoms with Crippen LogP contribution in [0.4, 0.5) is 9.59 Å². The van der Waals surface area contributed by atoms with Gasteiger partial charge < -0.3 is 14.6 Å². The molecule has 0 aliphatic carbocycles. The van der Waals surface area contributed by atoms with Crippen molar-refractivity contribution in [2.24, 2.45) is 0 Å². The summed E-state index contributed by atoms with van der Waals surface area (Å²) in [7, 11) is 0. The van der Waals surface area contributed by atoms with Gasteiger partial charge >= 0.3 is 18.2 Å². The zero-order chi connectivity index (χ0) is 15.2. The van der Waals surface area contributed by atoms with E-state index in [0.29, 0.717) is 0 Å². The van der Waals surface area contributed by atoms with Crippen molar-refractivity contribution in [3.05, 3.63) is 35.9 Å². The molecule has 0 spiro atoms. The maximum atomic E-state index is 11.9.